The predicted octanol–water partition coefficient (Wildman–Crippen LogP) is 3.27. The van der Waals surface area contributed by atoms with E-state index < -0.39 is 0 Å². The van der Waals surface area contributed by atoms with E-state index in [9.17, 15) is 0 Å². The Kier molecular flexibility index (Phi) is 3.43. The quantitative estimate of drug-likeness (QED) is 0.725. The van der Waals surface area contributed by atoms with E-state index in [0.717, 1.165) is 5.03 Å². The molecule has 70 valence electrons. The van der Waals surface area contributed by atoms with Crippen LogP contribution in [0.4, 0.5) is 5.69 Å². The predicted molar refractivity (Wildman–Crippen MR) is 62.2 cm³/mol. The first kappa shape index (κ1) is 10.2. The van der Waals surface area contributed by atoms with E-state index in [-0.39, 0.29) is 0 Å². The summed E-state index contributed by atoms with van der Waals surface area (Å²) in [6.07, 6.45) is 2.04. The van der Waals surface area contributed by atoms with Crippen molar-refractivity contribution in [1.29, 1.82) is 0 Å². The summed E-state index contributed by atoms with van der Waals surface area (Å²) in [5.41, 5.74) is 2.50. The van der Waals surface area contributed by atoms with Crippen molar-refractivity contribution in [2.45, 2.75) is 6.92 Å². The average Bonchev–Trinajstić information content (AvgIpc) is 2.16. The van der Waals surface area contributed by atoms with E-state index in [1.807, 2.05) is 19.4 Å². The highest BCUT2D eigenvalue weighted by Crippen LogP contribution is 2.24. The van der Waals surface area contributed by atoms with Crippen molar-refractivity contribution in [2.75, 3.05) is 18.2 Å². The molecule has 1 rings (SSSR count). The standard InChI is InChI=1S/C11H15NS/c1-9-7-5-6-8-11(9)12(3)10(2)13-4/h5-8H,2H2,1,3-4H3. The van der Waals surface area contributed by atoms with E-state index in [2.05, 4.69) is 36.6 Å². The lowest BCUT2D eigenvalue weighted by Crippen LogP contribution is -2.14. The molecule has 0 amide bonds. The Balaban J connectivity index is 2.95. The maximum atomic E-state index is 3.98. The molecule has 0 unspecified atom stereocenters. The molecule has 0 fully saturated rings. The van der Waals surface area contributed by atoms with Gasteiger partial charge in [0, 0.05) is 12.7 Å². The van der Waals surface area contributed by atoms with Crippen LogP contribution in [0, 0.1) is 6.92 Å². The summed E-state index contributed by atoms with van der Waals surface area (Å²) < 4.78 is 0. The molecule has 0 saturated heterocycles. The van der Waals surface area contributed by atoms with Gasteiger partial charge in [-0.1, -0.05) is 24.8 Å². The zero-order valence-electron chi connectivity index (χ0n) is 8.37. The number of benzene rings is 1. The summed E-state index contributed by atoms with van der Waals surface area (Å²) in [5.74, 6) is 0. The van der Waals surface area contributed by atoms with Gasteiger partial charge in [-0.05, 0) is 24.8 Å². The number of anilines is 1. The van der Waals surface area contributed by atoms with Crippen LogP contribution in [0.25, 0.3) is 0 Å². The van der Waals surface area contributed by atoms with Crippen LogP contribution in [0.3, 0.4) is 0 Å². The van der Waals surface area contributed by atoms with Crippen LogP contribution in [-0.4, -0.2) is 13.3 Å². The van der Waals surface area contributed by atoms with Gasteiger partial charge in [-0.2, -0.15) is 0 Å². The van der Waals surface area contributed by atoms with Crippen molar-refractivity contribution in [3.8, 4) is 0 Å². The summed E-state index contributed by atoms with van der Waals surface area (Å²) >= 11 is 1.67. The maximum absolute atomic E-state index is 3.98. The summed E-state index contributed by atoms with van der Waals surface area (Å²) in [6, 6.07) is 8.32. The lowest BCUT2D eigenvalue weighted by Gasteiger charge is -2.21. The molecule has 0 aliphatic heterocycles. The van der Waals surface area contributed by atoms with Crippen molar-refractivity contribution >= 4 is 17.4 Å². The van der Waals surface area contributed by atoms with Crippen LogP contribution in [0.15, 0.2) is 35.9 Å². The average molecular weight is 193 g/mol. The molecule has 0 saturated carbocycles. The zero-order chi connectivity index (χ0) is 9.84. The van der Waals surface area contributed by atoms with E-state index >= 15 is 0 Å². The Labute approximate surface area is 84.4 Å². The van der Waals surface area contributed by atoms with Crippen molar-refractivity contribution in [3.05, 3.63) is 41.4 Å². The van der Waals surface area contributed by atoms with E-state index in [4.69, 9.17) is 0 Å². The number of para-hydroxylation sites is 1. The summed E-state index contributed by atoms with van der Waals surface area (Å²) in [5, 5.41) is 1.06. The molecular formula is C11H15NS. The molecule has 2 heteroatoms. The number of rotatable bonds is 3. The number of aryl methyl sites for hydroxylation is 1. The second kappa shape index (κ2) is 4.38. The summed E-state index contributed by atoms with van der Waals surface area (Å²) in [6.45, 7) is 6.09. The largest absolute Gasteiger partial charge is 0.340 e. The SMILES string of the molecule is C=C(SC)N(C)c1ccccc1C. The molecule has 0 aliphatic rings. The first-order valence-electron chi connectivity index (χ1n) is 4.19. The first-order chi connectivity index (χ1) is 6.16. The molecule has 0 N–H and O–H groups in total. The molecule has 0 heterocycles. The lowest BCUT2D eigenvalue weighted by molar-refractivity contribution is 1.17. The monoisotopic (exact) mass is 193 g/mol. The van der Waals surface area contributed by atoms with E-state index in [0.29, 0.717) is 0 Å². The molecular weight excluding hydrogens is 178 g/mol. The number of hydrogen-bond acceptors (Lipinski definition) is 2. The zero-order valence-corrected chi connectivity index (χ0v) is 9.19. The molecule has 0 spiro atoms. The Morgan fingerprint density at radius 2 is 2.00 bits per heavy atom. The minimum absolute atomic E-state index is 1.06. The smallest absolute Gasteiger partial charge is 0.0673 e. The fourth-order valence-corrected chi connectivity index (χ4v) is 1.58. The van der Waals surface area contributed by atoms with Gasteiger partial charge in [-0.3, -0.25) is 0 Å². The lowest BCUT2D eigenvalue weighted by atomic mass is 10.2. The van der Waals surface area contributed by atoms with Crippen molar-refractivity contribution in [3.63, 3.8) is 0 Å². The normalized spacial score (nSPS) is 9.77. The number of thioether (sulfide) groups is 1. The minimum Gasteiger partial charge on any atom is -0.340 e. The van der Waals surface area contributed by atoms with Crippen LogP contribution in [-0.2, 0) is 0 Å². The highest BCUT2D eigenvalue weighted by atomic mass is 32.2. The van der Waals surface area contributed by atoms with Crippen LogP contribution in [0.1, 0.15) is 5.56 Å². The third kappa shape index (κ3) is 2.28. The van der Waals surface area contributed by atoms with Crippen LogP contribution >= 0.6 is 11.8 Å². The molecule has 0 bridgehead atoms. The topological polar surface area (TPSA) is 3.24 Å². The molecule has 1 nitrogen and oxygen atoms in total. The number of hydrogen-bond donors (Lipinski definition) is 0. The summed E-state index contributed by atoms with van der Waals surface area (Å²) in [7, 11) is 2.04. The van der Waals surface area contributed by atoms with E-state index in [1.165, 1.54) is 11.3 Å². The van der Waals surface area contributed by atoms with Gasteiger partial charge in [0.15, 0.2) is 0 Å². The molecule has 0 aliphatic carbocycles. The van der Waals surface area contributed by atoms with Gasteiger partial charge in [-0.25, -0.2) is 0 Å². The van der Waals surface area contributed by atoms with Crippen molar-refractivity contribution in [1.82, 2.24) is 0 Å². The van der Waals surface area contributed by atoms with Gasteiger partial charge < -0.3 is 4.90 Å². The van der Waals surface area contributed by atoms with Crippen molar-refractivity contribution in [2.24, 2.45) is 0 Å². The van der Waals surface area contributed by atoms with Crippen LogP contribution < -0.4 is 4.90 Å². The fourth-order valence-electron chi connectivity index (χ4n) is 1.21. The second-order valence-electron chi connectivity index (χ2n) is 2.94. The van der Waals surface area contributed by atoms with E-state index in [1.54, 1.807) is 11.8 Å². The Hall–Kier alpha value is -0.890. The molecule has 0 aromatic heterocycles. The Morgan fingerprint density at radius 1 is 1.38 bits per heavy atom. The highest BCUT2D eigenvalue weighted by molar-refractivity contribution is 8.02. The molecule has 0 atom stereocenters. The Morgan fingerprint density at radius 3 is 2.54 bits per heavy atom. The van der Waals surface area contributed by atoms with Gasteiger partial charge in [0.2, 0.25) is 0 Å². The Bertz CT molecular complexity index is 307. The number of nitrogens with zero attached hydrogens (tertiary/aromatic N) is 1. The second-order valence-corrected chi connectivity index (χ2v) is 3.82. The molecule has 1 aromatic carbocycles. The fraction of sp³-hybridized carbons (Fsp3) is 0.273. The first-order valence-corrected chi connectivity index (χ1v) is 5.41. The summed E-state index contributed by atoms with van der Waals surface area (Å²) in [4.78, 5) is 2.11. The molecule has 13 heavy (non-hydrogen) atoms. The van der Waals surface area contributed by atoms with Gasteiger partial charge in [0.05, 0.1) is 5.03 Å². The van der Waals surface area contributed by atoms with Crippen LogP contribution in [0.2, 0.25) is 0 Å². The van der Waals surface area contributed by atoms with Gasteiger partial charge in [0.25, 0.3) is 0 Å². The van der Waals surface area contributed by atoms with Gasteiger partial charge >= 0.3 is 0 Å². The third-order valence-electron chi connectivity index (χ3n) is 2.09. The minimum atomic E-state index is 1.06. The van der Waals surface area contributed by atoms with Crippen molar-refractivity contribution < 1.29 is 0 Å². The maximum Gasteiger partial charge on any atom is 0.0673 e. The molecule has 1 aromatic rings. The highest BCUT2D eigenvalue weighted by Gasteiger charge is 2.05. The molecule has 0 radical (unpaired) electrons. The van der Waals surface area contributed by atoms with Gasteiger partial charge in [-0.15, -0.1) is 11.8 Å². The third-order valence-corrected chi connectivity index (χ3v) is 2.83. The van der Waals surface area contributed by atoms with Gasteiger partial charge in [0.1, 0.15) is 0 Å². The van der Waals surface area contributed by atoms with Crippen LogP contribution in [0.5, 0.6) is 0 Å².